The van der Waals surface area contributed by atoms with Crippen LogP contribution in [-0.4, -0.2) is 39.7 Å². The maximum Gasteiger partial charge on any atom is 0.335 e. The van der Waals surface area contributed by atoms with E-state index in [9.17, 15) is 9.90 Å². The van der Waals surface area contributed by atoms with Gasteiger partial charge in [-0.15, -0.1) is 0 Å². The minimum absolute atomic E-state index is 0.120. The molecule has 8 heteroatoms. The number of carbonyl (C=O) groups is 1. The summed E-state index contributed by atoms with van der Waals surface area (Å²) in [6, 6.07) is 24.1. The molecule has 0 aliphatic heterocycles. The van der Waals surface area contributed by atoms with Gasteiger partial charge in [0.15, 0.2) is 0 Å². The Labute approximate surface area is 258 Å². The lowest BCUT2D eigenvalue weighted by molar-refractivity contribution is 0.0696. The third-order valence-electron chi connectivity index (χ3n) is 7.59. The van der Waals surface area contributed by atoms with Gasteiger partial charge in [0.25, 0.3) is 0 Å². The van der Waals surface area contributed by atoms with E-state index in [0.29, 0.717) is 24.5 Å². The highest BCUT2D eigenvalue weighted by Gasteiger charge is 2.27. The highest BCUT2D eigenvalue weighted by Crippen LogP contribution is 2.31. The van der Waals surface area contributed by atoms with E-state index in [4.69, 9.17) is 14.7 Å². The summed E-state index contributed by atoms with van der Waals surface area (Å²) in [7, 11) is 0. The number of hydrogen-bond donors (Lipinski definition) is 3. The molecule has 224 valence electrons. The smallest absolute Gasteiger partial charge is 0.335 e. The van der Waals surface area contributed by atoms with Crippen LogP contribution in [0.15, 0.2) is 77.7 Å². The summed E-state index contributed by atoms with van der Waals surface area (Å²) < 4.78 is 9.66. The van der Waals surface area contributed by atoms with Crippen LogP contribution in [-0.2, 0) is 12.8 Å². The van der Waals surface area contributed by atoms with Crippen LogP contribution in [0.3, 0.4) is 0 Å². The second-order valence-corrected chi connectivity index (χ2v) is 13.4. The number of aromatic carboxylic acids is 1. The Morgan fingerprint density at radius 2 is 1.65 bits per heavy atom. The van der Waals surface area contributed by atoms with Crippen molar-refractivity contribution >= 4 is 23.9 Å². The molecular formula is C35H40N4O3S. The van der Waals surface area contributed by atoms with Gasteiger partial charge in [0, 0.05) is 28.6 Å². The molecule has 3 aromatic carbocycles. The molecule has 1 aliphatic carbocycles. The molecule has 1 aromatic heterocycles. The van der Waals surface area contributed by atoms with E-state index in [1.165, 1.54) is 23.1 Å². The van der Waals surface area contributed by atoms with Crippen molar-refractivity contribution in [1.29, 1.82) is 0 Å². The quantitative estimate of drug-likeness (QED) is 0.153. The van der Waals surface area contributed by atoms with Gasteiger partial charge in [-0.25, -0.2) is 9.78 Å². The van der Waals surface area contributed by atoms with Gasteiger partial charge in [0.1, 0.15) is 6.61 Å². The normalized spacial score (nSPS) is 13.9. The van der Waals surface area contributed by atoms with Crippen molar-refractivity contribution < 1.29 is 14.6 Å². The van der Waals surface area contributed by atoms with Gasteiger partial charge in [0.05, 0.1) is 11.3 Å². The Hall–Kier alpha value is -3.88. The van der Waals surface area contributed by atoms with Crippen molar-refractivity contribution in [2.24, 2.45) is 5.41 Å². The zero-order valence-corrected chi connectivity index (χ0v) is 26.3. The molecule has 1 atom stereocenters. The molecule has 1 unspecified atom stereocenters. The predicted octanol–water partition coefficient (Wildman–Crippen LogP) is 7.52. The molecule has 7 nitrogen and oxygen atoms in total. The van der Waals surface area contributed by atoms with Crippen molar-refractivity contribution in [2.45, 2.75) is 70.9 Å². The van der Waals surface area contributed by atoms with Gasteiger partial charge in [-0.2, -0.15) is 4.98 Å². The summed E-state index contributed by atoms with van der Waals surface area (Å²) in [5.74, 6) is -0.0794. The maximum absolute atomic E-state index is 11.4. The summed E-state index contributed by atoms with van der Waals surface area (Å²) in [6.45, 7) is 11.4. The standard InChI is InChI=1S/C35H40N4O3S/c1-22-10-8-11-23(2)32(22)30-19-31(38-34(37-30)39-43-29-15-9-14-26(18-29)33(40)41)42-21-28(20-35(3,4)5)36-27-16-24-12-6-7-13-25(24)17-27/h6-15,18-19,27-28,36H,16-17,20-21H2,1-5H3,(H,40,41)(H,37,38,39). The Morgan fingerprint density at radius 1 is 0.977 bits per heavy atom. The molecular weight excluding hydrogens is 556 g/mol. The number of benzene rings is 3. The van der Waals surface area contributed by atoms with E-state index in [-0.39, 0.29) is 17.0 Å². The van der Waals surface area contributed by atoms with Crippen LogP contribution in [0.4, 0.5) is 5.95 Å². The fraction of sp³-hybridized carbons (Fsp3) is 0.343. The summed E-state index contributed by atoms with van der Waals surface area (Å²) in [4.78, 5) is 21.7. The number of aryl methyl sites for hydroxylation is 2. The van der Waals surface area contributed by atoms with Gasteiger partial charge in [-0.3, -0.25) is 4.72 Å². The summed E-state index contributed by atoms with van der Waals surface area (Å²) in [5.41, 5.74) is 7.24. The van der Waals surface area contributed by atoms with Gasteiger partial charge < -0.3 is 15.2 Å². The summed E-state index contributed by atoms with van der Waals surface area (Å²) in [5, 5.41) is 13.3. The molecule has 4 aromatic rings. The number of rotatable bonds is 11. The number of anilines is 1. The van der Waals surface area contributed by atoms with Crippen LogP contribution in [0.1, 0.15) is 59.8 Å². The molecule has 0 saturated heterocycles. The van der Waals surface area contributed by atoms with E-state index < -0.39 is 5.97 Å². The molecule has 1 aliphatic rings. The lowest BCUT2D eigenvalue weighted by Crippen LogP contribution is -2.44. The zero-order chi connectivity index (χ0) is 30.6. The van der Waals surface area contributed by atoms with Gasteiger partial charge in [-0.1, -0.05) is 69.3 Å². The third-order valence-corrected chi connectivity index (χ3v) is 8.37. The number of carboxylic acids is 1. The average molecular weight is 597 g/mol. The number of nitrogens with one attached hydrogen (secondary N) is 2. The SMILES string of the molecule is Cc1cccc(C)c1-c1cc(OCC(CC(C)(C)C)NC2Cc3ccccc3C2)nc(NSc2cccc(C(=O)O)c2)n1. The van der Waals surface area contributed by atoms with Crippen molar-refractivity contribution in [3.05, 3.63) is 101 Å². The highest BCUT2D eigenvalue weighted by molar-refractivity contribution is 8.00. The van der Waals surface area contributed by atoms with E-state index in [2.05, 4.69) is 81.1 Å². The second-order valence-electron chi connectivity index (χ2n) is 12.5. The molecule has 0 saturated carbocycles. The van der Waals surface area contributed by atoms with Crippen LogP contribution >= 0.6 is 11.9 Å². The zero-order valence-electron chi connectivity index (χ0n) is 25.5. The molecule has 0 fully saturated rings. The number of hydrogen-bond acceptors (Lipinski definition) is 7. The monoisotopic (exact) mass is 596 g/mol. The maximum atomic E-state index is 11.4. The number of ether oxygens (including phenoxy) is 1. The molecule has 0 spiro atoms. The first kappa shape index (κ1) is 30.6. The van der Waals surface area contributed by atoms with Crippen LogP contribution in [0.2, 0.25) is 0 Å². The van der Waals surface area contributed by atoms with Crippen molar-refractivity contribution in [1.82, 2.24) is 15.3 Å². The third kappa shape index (κ3) is 8.15. The summed E-state index contributed by atoms with van der Waals surface area (Å²) >= 11 is 1.27. The topological polar surface area (TPSA) is 96.4 Å². The molecule has 1 heterocycles. The van der Waals surface area contributed by atoms with Gasteiger partial charge >= 0.3 is 5.97 Å². The lowest BCUT2D eigenvalue weighted by Gasteiger charge is -2.29. The van der Waals surface area contributed by atoms with E-state index in [0.717, 1.165) is 46.5 Å². The van der Waals surface area contributed by atoms with Crippen molar-refractivity contribution in [3.63, 3.8) is 0 Å². The molecule has 3 N–H and O–H groups in total. The Kier molecular flexibility index (Phi) is 9.37. The minimum Gasteiger partial charge on any atom is -0.478 e. The van der Waals surface area contributed by atoms with Gasteiger partial charge in [0.2, 0.25) is 11.8 Å². The van der Waals surface area contributed by atoms with Crippen LogP contribution in [0.25, 0.3) is 11.3 Å². The largest absolute Gasteiger partial charge is 0.478 e. The van der Waals surface area contributed by atoms with Gasteiger partial charge in [-0.05, 0) is 90.9 Å². The van der Waals surface area contributed by atoms with E-state index in [1.54, 1.807) is 18.2 Å². The van der Waals surface area contributed by atoms with Crippen molar-refractivity contribution in [3.8, 4) is 17.1 Å². The predicted molar refractivity (Wildman–Crippen MR) is 174 cm³/mol. The van der Waals surface area contributed by atoms with E-state index >= 15 is 0 Å². The molecule has 0 bridgehead atoms. The van der Waals surface area contributed by atoms with Crippen LogP contribution in [0.5, 0.6) is 5.88 Å². The Bertz CT molecular complexity index is 1560. The highest BCUT2D eigenvalue weighted by atomic mass is 32.2. The Morgan fingerprint density at radius 3 is 2.30 bits per heavy atom. The van der Waals surface area contributed by atoms with Crippen LogP contribution < -0.4 is 14.8 Å². The first-order valence-electron chi connectivity index (χ1n) is 14.7. The molecule has 43 heavy (non-hydrogen) atoms. The minimum atomic E-state index is -0.966. The molecule has 0 radical (unpaired) electrons. The number of fused-ring (bicyclic) bond motifs is 1. The fourth-order valence-electron chi connectivity index (χ4n) is 5.79. The number of nitrogens with zero attached hydrogens (tertiary/aromatic N) is 2. The number of aromatic nitrogens is 2. The van der Waals surface area contributed by atoms with E-state index in [1.807, 2.05) is 18.2 Å². The fourth-order valence-corrected chi connectivity index (χ4v) is 6.42. The first-order chi connectivity index (χ1) is 20.5. The summed E-state index contributed by atoms with van der Waals surface area (Å²) in [6.07, 6.45) is 3.00. The molecule has 5 rings (SSSR count). The lowest BCUT2D eigenvalue weighted by atomic mass is 9.88. The van der Waals surface area contributed by atoms with Crippen LogP contribution in [0, 0.1) is 19.3 Å². The average Bonchev–Trinajstić information content (AvgIpc) is 3.36. The Balaban J connectivity index is 1.38. The second kappa shape index (κ2) is 13.2. The molecule has 0 amide bonds. The number of carboxylic acid groups (broad SMARTS) is 1. The first-order valence-corrected chi connectivity index (χ1v) is 15.5. The van der Waals surface area contributed by atoms with Crippen molar-refractivity contribution in [2.75, 3.05) is 11.3 Å².